The molecule has 0 radical (unpaired) electrons. The van der Waals surface area contributed by atoms with E-state index in [1.165, 1.54) is 0 Å². The van der Waals surface area contributed by atoms with E-state index in [4.69, 9.17) is 9.31 Å². The van der Waals surface area contributed by atoms with Gasteiger partial charge in [-0.25, -0.2) is 0 Å². The lowest BCUT2D eigenvalue weighted by atomic mass is 9.66. The molecule has 2 aliphatic rings. The molecular formula is C22H33BO4. The molecule has 0 amide bonds. The maximum Gasteiger partial charge on any atom is 0.494 e. The van der Waals surface area contributed by atoms with Crippen LogP contribution in [0.3, 0.4) is 0 Å². The van der Waals surface area contributed by atoms with Gasteiger partial charge in [0.2, 0.25) is 0 Å². The fourth-order valence-corrected chi connectivity index (χ4v) is 5.54. The van der Waals surface area contributed by atoms with E-state index in [2.05, 4.69) is 46.8 Å². The standard InChI is InChI=1S/C22H33BO4/c1-18(2,3)22(16(17(24)25)19(22,4)5)14-11-10-12-15(13-14)23-26-20(6,7)21(8,9)27-23/h10-13,16H,1-9H3,(H,24,25)/t16-,22+/m1/s1. The predicted octanol–water partition coefficient (Wildman–Crippen LogP) is 4.01. The van der Waals surface area contributed by atoms with E-state index in [-0.39, 0.29) is 10.8 Å². The zero-order valence-corrected chi connectivity index (χ0v) is 18.1. The quantitative estimate of drug-likeness (QED) is 0.815. The van der Waals surface area contributed by atoms with Gasteiger partial charge in [-0.2, -0.15) is 0 Å². The summed E-state index contributed by atoms with van der Waals surface area (Å²) in [5.74, 6) is -1.14. The third-order valence-corrected chi connectivity index (χ3v) is 7.39. The summed E-state index contributed by atoms with van der Waals surface area (Å²) in [6.07, 6.45) is 0. The topological polar surface area (TPSA) is 55.8 Å². The summed E-state index contributed by atoms with van der Waals surface area (Å²) in [5.41, 5.74) is 0.224. The van der Waals surface area contributed by atoms with Gasteiger partial charge >= 0.3 is 13.1 Å². The van der Waals surface area contributed by atoms with Gasteiger partial charge in [-0.15, -0.1) is 0 Å². The fraction of sp³-hybridized carbons (Fsp3) is 0.682. The van der Waals surface area contributed by atoms with Gasteiger partial charge < -0.3 is 14.4 Å². The number of hydrogen-bond donors (Lipinski definition) is 1. The third kappa shape index (κ3) is 2.61. The van der Waals surface area contributed by atoms with E-state index >= 15 is 0 Å². The molecule has 0 bridgehead atoms. The lowest BCUT2D eigenvalue weighted by molar-refractivity contribution is -0.140. The molecule has 148 valence electrons. The number of rotatable bonds is 3. The highest BCUT2D eigenvalue weighted by Crippen LogP contribution is 2.76. The number of aliphatic carboxylic acids is 1. The van der Waals surface area contributed by atoms with Crippen molar-refractivity contribution >= 4 is 18.6 Å². The molecule has 0 aromatic heterocycles. The first kappa shape index (κ1) is 20.4. The van der Waals surface area contributed by atoms with Crippen LogP contribution < -0.4 is 5.46 Å². The second-order valence-corrected chi connectivity index (χ2v) is 10.8. The van der Waals surface area contributed by atoms with Crippen molar-refractivity contribution in [3.63, 3.8) is 0 Å². The highest BCUT2D eigenvalue weighted by atomic mass is 16.7. The Morgan fingerprint density at radius 1 is 1.04 bits per heavy atom. The van der Waals surface area contributed by atoms with Crippen LogP contribution in [0.4, 0.5) is 0 Å². The molecule has 1 aliphatic heterocycles. The largest absolute Gasteiger partial charge is 0.494 e. The van der Waals surface area contributed by atoms with Gasteiger partial charge in [0.25, 0.3) is 0 Å². The minimum absolute atomic E-state index is 0.200. The van der Waals surface area contributed by atoms with E-state index in [1.807, 2.05) is 39.8 Å². The summed E-state index contributed by atoms with van der Waals surface area (Å²) in [6, 6.07) is 8.16. The Labute approximate surface area is 163 Å². The van der Waals surface area contributed by atoms with Crippen molar-refractivity contribution in [3.05, 3.63) is 29.8 Å². The van der Waals surface area contributed by atoms with Crippen molar-refractivity contribution in [1.82, 2.24) is 0 Å². The molecule has 0 unspecified atom stereocenters. The number of carbonyl (C=O) groups is 1. The van der Waals surface area contributed by atoms with E-state index in [0.29, 0.717) is 0 Å². The Morgan fingerprint density at radius 2 is 1.56 bits per heavy atom. The van der Waals surface area contributed by atoms with E-state index in [9.17, 15) is 9.90 Å². The Hall–Kier alpha value is -1.33. The number of hydrogen-bond acceptors (Lipinski definition) is 3. The van der Waals surface area contributed by atoms with Crippen LogP contribution >= 0.6 is 0 Å². The first-order chi connectivity index (χ1) is 12.1. The van der Waals surface area contributed by atoms with Gasteiger partial charge in [0.05, 0.1) is 17.1 Å². The molecule has 1 N–H and O–H groups in total. The molecule has 1 aromatic carbocycles. The van der Waals surface area contributed by atoms with Crippen LogP contribution in [0.1, 0.15) is 67.9 Å². The number of carboxylic acid groups (broad SMARTS) is 1. The first-order valence-corrected chi connectivity index (χ1v) is 9.78. The van der Waals surface area contributed by atoms with Gasteiger partial charge in [0.15, 0.2) is 0 Å². The molecular weight excluding hydrogens is 339 g/mol. The Balaban J connectivity index is 2.07. The summed E-state index contributed by atoms with van der Waals surface area (Å²) in [5, 5.41) is 9.92. The van der Waals surface area contributed by atoms with Gasteiger partial charge in [-0.1, -0.05) is 58.9 Å². The SMILES string of the molecule is CC1(C)OB(c2cccc([C@@]3(C(C)(C)C)[C@H](C(=O)O)C3(C)C)c2)OC1(C)C. The van der Waals surface area contributed by atoms with Crippen LogP contribution in [0.5, 0.6) is 0 Å². The van der Waals surface area contributed by atoms with E-state index in [0.717, 1.165) is 11.0 Å². The molecule has 5 heteroatoms. The highest BCUT2D eigenvalue weighted by Gasteiger charge is 2.79. The maximum atomic E-state index is 12.1. The molecule has 27 heavy (non-hydrogen) atoms. The molecule has 1 saturated carbocycles. The van der Waals surface area contributed by atoms with Gasteiger partial charge in [0, 0.05) is 5.41 Å². The molecule has 1 saturated heterocycles. The highest BCUT2D eigenvalue weighted by molar-refractivity contribution is 6.62. The normalized spacial score (nSPS) is 31.0. The molecule has 3 rings (SSSR count). The van der Waals surface area contributed by atoms with Crippen LogP contribution in [0, 0.1) is 16.7 Å². The Bertz CT molecular complexity index is 759. The number of benzene rings is 1. The fourth-order valence-electron chi connectivity index (χ4n) is 5.54. The maximum absolute atomic E-state index is 12.1. The van der Waals surface area contributed by atoms with Crippen molar-refractivity contribution in [2.45, 2.75) is 78.9 Å². The molecule has 1 heterocycles. The predicted molar refractivity (Wildman–Crippen MR) is 108 cm³/mol. The van der Waals surface area contributed by atoms with E-state index in [1.54, 1.807) is 0 Å². The molecule has 1 aromatic rings. The van der Waals surface area contributed by atoms with Crippen molar-refractivity contribution in [1.29, 1.82) is 0 Å². The van der Waals surface area contributed by atoms with Gasteiger partial charge in [-0.05, 0) is 49.6 Å². The van der Waals surface area contributed by atoms with Gasteiger partial charge in [0.1, 0.15) is 0 Å². The molecule has 2 atom stereocenters. The zero-order chi connectivity index (χ0) is 20.6. The van der Waals surface area contributed by atoms with Crippen molar-refractivity contribution in [2.75, 3.05) is 0 Å². The Kier molecular flexibility index (Phi) is 4.24. The molecule has 1 aliphatic carbocycles. The van der Waals surface area contributed by atoms with Crippen LogP contribution in [-0.2, 0) is 19.5 Å². The summed E-state index contributed by atoms with van der Waals surface area (Å²) in [4.78, 5) is 12.1. The van der Waals surface area contributed by atoms with Crippen molar-refractivity contribution in [2.24, 2.45) is 16.7 Å². The lowest BCUT2D eigenvalue weighted by Crippen LogP contribution is -2.41. The molecule has 4 nitrogen and oxygen atoms in total. The minimum Gasteiger partial charge on any atom is -0.481 e. The van der Waals surface area contributed by atoms with Crippen molar-refractivity contribution in [3.8, 4) is 0 Å². The second-order valence-electron chi connectivity index (χ2n) is 10.8. The van der Waals surface area contributed by atoms with Crippen LogP contribution in [0.15, 0.2) is 24.3 Å². The summed E-state index contributed by atoms with van der Waals surface area (Å²) in [6.45, 7) is 18.7. The average molecular weight is 372 g/mol. The Morgan fingerprint density at radius 3 is 1.96 bits per heavy atom. The smallest absolute Gasteiger partial charge is 0.481 e. The van der Waals surface area contributed by atoms with Crippen LogP contribution in [-0.4, -0.2) is 29.4 Å². The summed E-state index contributed by atoms with van der Waals surface area (Å²) < 4.78 is 12.4. The lowest BCUT2D eigenvalue weighted by Gasteiger charge is -2.35. The van der Waals surface area contributed by atoms with Gasteiger partial charge in [-0.3, -0.25) is 4.79 Å². The average Bonchev–Trinajstić information content (AvgIpc) is 2.95. The zero-order valence-electron chi connectivity index (χ0n) is 18.1. The molecule has 0 spiro atoms. The number of carboxylic acids is 1. The minimum atomic E-state index is -0.726. The van der Waals surface area contributed by atoms with Crippen LogP contribution in [0.25, 0.3) is 0 Å². The monoisotopic (exact) mass is 372 g/mol. The summed E-state index contributed by atoms with van der Waals surface area (Å²) in [7, 11) is -0.447. The summed E-state index contributed by atoms with van der Waals surface area (Å²) >= 11 is 0. The third-order valence-electron chi connectivity index (χ3n) is 7.39. The first-order valence-electron chi connectivity index (χ1n) is 9.78. The molecule has 2 fully saturated rings. The second kappa shape index (κ2) is 5.60. The van der Waals surface area contributed by atoms with E-state index < -0.39 is 35.6 Å². The van der Waals surface area contributed by atoms with Crippen LogP contribution in [0.2, 0.25) is 0 Å². The van der Waals surface area contributed by atoms with Crippen molar-refractivity contribution < 1.29 is 19.2 Å².